The summed E-state index contributed by atoms with van der Waals surface area (Å²) in [6.45, 7) is 4.88. The number of benzene rings is 2. The maximum atomic E-state index is 13.0. The summed E-state index contributed by atoms with van der Waals surface area (Å²) in [4.78, 5) is 17.5. The fraction of sp³-hybridized carbons (Fsp3) is 0.364. The third-order valence-electron chi connectivity index (χ3n) is 5.75. The van der Waals surface area contributed by atoms with Gasteiger partial charge in [0.25, 0.3) is 5.56 Å². The summed E-state index contributed by atoms with van der Waals surface area (Å²) in [5.74, 6) is 0.349. The maximum Gasteiger partial charge on any atom is 0.261 e. The Kier molecular flexibility index (Phi) is 5.70. The first kappa shape index (κ1) is 21.0. The normalized spacial score (nSPS) is 16.4. The molecule has 0 atom stereocenters. The lowest BCUT2D eigenvalue weighted by atomic mass is 10.0. The lowest BCUT2D eigenvalue weighted by Gasteiger charge is -2.32. The Morgan fingerprint density at radius 1 is 1.07 bits per heavy atom. The van der Waals surface area contributed by atoms with Gasteiger partial charge in [0.2, 0.25) is 10.0 Å². The molecule has 0 spiro atoms. The van der Waals surface area contributed by atoms with Gasteiger partial charge in [0.1, 0.15) is 0 Å². The van der Waals surface area contributed by atoms with Crippen molar-refractivity contribution in [2.24, 2.45) is 0 Å². The second-order valence-electron chi connectivity index (χ2n) is 7.98. The second kappa shape index (κ2) is 8.13. The minimum absolute atomic E-state index is 0.0835. The fourth-order valence-electron chi connectivity index (χ4n) is 3.90. The van der Waals surface area contributed by atoms with Gasteiger partial charge < -0.3 is 0 Å². The van der Waals surface area contributed by atoms with E-state index in [0.717, 1.165) is 5.56 Å². The van der Waals surface area contributed by atoms with Crippen LogP contribution in [0.3, 0.4) is 0 Å². The lowest BCUT2D eigenvalue weighted by Crippen LogP contribution is -2.40. The summed E-state index contributed by atoms with van der Waals surface area (Å²) in [6.07, 6.45) is 2.66. The number of hydrogen-bond donors (Lipinski definition) is 0. The molecule has 8 heteroatoms. The molecule has 0 saturated carbocycles. The molecule has 158 valence electrons. The van der Waals surface area contributed by atoms with Crippen LogP contribution in [0.2, 0.25) is 5.02 Å². The summed E-state index contributed by atoms with van der Waals surface area (Å²) in [7, 11) is -3.54. The molecule has 0 N–H and O–H groups in total. The molecule has 1 aliphatic rings. The highest BCUT2D eigenvalue weighted by atomic mass is 35.5. The molecule has 2 heterocycles. The average Bonchev–Trinajstić information content (AvgIpc) is 2.74. The van der Waals surface area contributed by atoms with Gasteiger partial charge in [-0.05, 0) is 54.7 Å². The molecular weight excluding hydrogens is 422 g/mol. The molecule has 2 aromatic carbocycles. The van der Waals surface area contributed by atoms with Gasteiger partial charge in [0, 0.05) is 24.2 Å². The molecule has 6 nitrogen and oxygen atoms in total. The predicted octanol–water partition coefficient (Wildman–Crippen LogP) is 4.20. The standard InChI is InChI=1S/C22H24ClN3O3S/c1-15(2)16-3-6-19(7-4-16)30(28,29)25-11-9-18(10-12-25)26-14-24-21-13-17(23)5-8-20(21)22(26)27/h3-8,13-15,18H,9-12H2,1-2H3. The average molecular weight is 446 g/mol. The first-order chi connectivity index (χ1) is 14.3. The highest BCUT2D eigenvalue weighted by molar-refractivity contribution is 7.89. The van der Waals surface area contributed by atoms with E-state index < -0.39 is 10.0 Å². The summed E-state index contributed by atoms with van der Waals surface area (Å²) in [5, 5.41) is 1.05. The van der Waals surface area contributed by atoms with Crippen LogP contribution < -0.4 is 5.56 Å². The van der Waals surface area contributed by atoms with Crippen LogP contribution in [0.15, 0.2) is 58.5 Å². The molecule has 1 saturated heterocycles. The topological polar surface area (TPSA) is 72.3 Å². The third-order valence-corrected chi connectivity index (χ3v) is 7.90. The zero-order chi connectivity index (χ0) is 21.5. The van der Waals surface area contributed by atoms with E-state index in [0.29, 0.717) is 52.7 Å². The van der Waals surface area contributed by atoms with E-state index in [1.165, 1.54) is 4.31 Å². The summed E-state index contributed by atoms with van der Waals surface area (Å²) in [6, 6.07) is 12.1. The Morgan fingerprint density at radius 2 is 1.73 bits per heavy atom. The van der Waals surface area contributed by atoms with Crippen molar-refractivity contribution in [2.45, 2.75) is 43.5 Å². The molecule has 0 unspecified atom stereocenters. The van der Waals surface area contributed by atoms with Crippen molar-refractivity contribution in [3.8, 4) is 0 Å². The SMILES string of the molecule is CC(C)c1ccc(S(=O)(=O)N2CCC(n3cnc4cc(Cl)ccc4c3=O)CC2)cc1. The van der Waals surface area contributed by atoms with Gasteiger partial charge in [-0.2, -0.15) is 4.31 Å². The van der Waals surface area contributed by atoms with Crippen molar-refractivity contribution in [2.75, 3.05) is 13.1 Å². The highest BCUT2D eigenvalue weighted by Gasteiger charge is 2.30. The molecule has 0 radical (unpaired) electrons. The monoisotopic (exact) mass is 445 g/mol. The number of hydrogen-bond acceptors (Lipinski definition) is 4. The zero-order valence-corrected chi connectivity index (χ0v) is 18.5. The zero-order valence-electron chi connectivity index (χ0n) is 17.0. The summed E-state index contributed by atoms with van der Waals surface area (Å²) >= 11 is 5.98. The lowest BCUT2D eigenvalue weighted by molar-refractivity contribution is 0.269. The van der Waals surface area contributed by atoms with Crippen LogP contribution >= 0.6 is 11.6 Å². The summed E-state index contributed by atoms with van der Waals surface area (Å²) < 4.78 is 29.2. The van der Waals surface area contributed by atoms with Crippen molar-refractivity contribution < 1.29 is 8.42 Å². The van der Waals surface area contributed by atoms with Gasteiger partial charge in [0.05, 0.1) is 22.1 Å². The van der Waals surface area contributed by atoms with Crippen LogP contribution in [0.5, 0.6) is 0 Å². The number of rotatable bonds is 4. The minimum atomic E-state index is -3.54. The van der Waals surface area contributed by atoms with Crippen LogP contribution in [0, 0.1) is 0 Å². The van der Waals surface area contributed by atoms with Crippen LogP contribution in [0.1, 0.15) is 44.2 Å². The van der Waals surface area contributed by atoms with Crippen molar-refractivity contribution in [3.63, 3.8) is 0 Å². The number of nitrogens with zero attached hydrogens (tertiary/aromatic N) is 3. The molecule has 30 heavy (non-hydrogen) atoms. The van der Waals surface area contributed by atoms with E-state index in [1.807, 2.05) is 12.1 Å². The van der Waals surface area contributed by atoms with Gasteiger partial charge in [-0.1, -0.05) is 37.6 Å². The van der Waals surface area contributed by atoms with Crippen molar-refractivity contribution in [3.05, 3.63) is 69.7 Å². The number of fused-ring (bicyclic) bond motifs is 1. The van der Waals surface area contributed by atoms with E-state index >= 15 is 0 Å². The van der Waals surface area contributed by atoms with E-state index in [4.69, 9.17) is 11.6 Å². The molecule has 3 aromatic rings. The third kappa shape index (κ3) is 3.89. The Bertz CT molecular complexity index is 1230. The fourth-order valence-corrected chi connectivity index (χ4v) is 5.54. The van der Waals surface area contributed by atoms with Crippen LogP contribution in [0.4, 0.5) is 0 Å². The van der Waals surface area contributed by atoms with E-state index in [1.54, 1.807) is 41.2 Å². The Morgan fingerprint density at radius 3 is 2.37 bits per heavy atom. The van der Waals surface area contributed by atoms with E-state index in [2.05, 4.69) is 18.8 Å². The van der Waals surface area contributed by atoms with Crippen LogP contribution in [-0.4, -0.2) is 35.4 Å². The van der Waals surface area contributed by atoms with Crippen LogP contribution in [-0.2, 0) is 10.0 Å². The minimum Gasteiger partial charge on any atom is -0.296 e. The number of sulfonamides is 1. The molecular formula is C22H24ClN3O3S. The van der Waals surface area contributed by atoms with Crippen molar-refractivity contribution >= 4 is 32.5 Å². The van der Waals surface area contributed by atoms with Crippen LogP contribution in [0.25, 0.3) is 10.9 Å². The maximum absolute atomic E-state index is 13.0. The first-order valence-electron chi connectivity index (χ1n) is 10.0. The van der Waals surface area contributed by atoms with Gasteiger partial charge in [0.15, 0.2) is 0 Å². The predicted molar refractivity (Wildman–Crippen MR) is 119 cm³/mol. The number of halogens is 1. The number of piperidine rings is 1. The van der Waals surface area contributed by atoms with Gasteiger partial charge >= 0.3 is 0 Å². The van der Waals surface area contributed by atoms with Gasteiger partial charge in [-0.25, -0.2) is 13.4 Å². The quantitative estimate of drug-likeness (QED) is 0.603. The molecule has 0 aliphatic carbocycles. The number of aromatic nitrogens is 2. The second-order valence-corrected chi connectivity index (χ2v) is 10.4. The van der Waals surface area contributed by atoms with E-state index in [-0.39, 0.29) is 11.6 Å². The molecule has 0 bridgehead atoms. The van der Waals surface area contributed by atoms with Gasteiger partial charge in [-0.15, -0.1) is 0 Å². The molecule has 4 rings (SSSR count). The van der Waals surface area contributed by atoms with Gasteiger partial charge in [-0.3, -0.25) is 9.36 Å². The van der Waals surface area contributed by atoms with Crippen molar-refractivity contribution in [1.82, 2.24) is 13.9 Å². The molecule has 1 aromatic heterocycles. The molecule has 1 aliphatic heterocycles. The largest absolute Gasteiger partial charge is 0.296 e. The Labute approximate surface area is 181 Å². The smallest absolute Gasteiger partial charge is 0.261 e. The van der Waals surface area contributed by atoms with E-state index in [9.17, 15) is 13.2 Å². The molecule has 1 fully saturated rings. The highest BCUT2D eigenvalue weighted by Crippen LogP contribution is 2.27. The Hall–Kier alpha value is -2.22. The van der Waals surface area contributed by atoms with Crippen molar-refractivity contribution in [1.29, 1.82) is 0 Å². The Balaban J connectivity index is 1.52. The molecule has 0 amide bonds. The first-order valence-corrected chi connectivity index (χ1v) is 11.9. The summed E-state index contributed by atoms with van der Waals surface area (Å²) in [5.41, 5.74) is 1.55.